The number of rotatable bonds is 4. The summed E-state index contributed by atoms with van der Waals surface area (Å²) in [4.78, 5) is 15.8. The number of aromatic nitrogens is 1. The first-order valence-corrected chi connectivity index (χ1v) is 8.04. The SMILES string of the molecule is CC(CO)(NC(=O)c1cc2c(ccc3ccccc32)[nH]1)C1CC1. The summed E-state index contributed by atoms with van der Waals surface area (Å²) in [6.07, 6.45) is 2.13. The van der Waals surface area contributed by atoms with E-state index in [9.17, 15) is 9.90 Å². The first kappa shape index (κ1) is 14.3. The van der Waals surface area contributed by atoms with E-state index in [2.05, 4.69) is 28.5 Å². The lowest BCUT2D eigenvalue weighted by Crippen LogP contribution is -2.50. The molecule has 1 aliphatic rings. The highest BCUT2D eigenvalue weighted by Gasteiger charge is 2.42. The van der Waals surface area contributed by atoms with Crippen molar-refractivity contribution in [2.75, 3.05) is 6.61 Å². The Bertz CT molecular complexity index is 895. The average Bonchev–Trinajstić information content (AvgIpc) is 3.33. The van der Waals surface area contributed by atoms with Crippen molar-refractivity contribution in [1.29, 1.82) is 0 Å². The highest BCUT2D eigenvalue weighted by Crippen LogP contribution is 2.39. The Balaban J connectivity index is 1.71. The van der Waals surface area contributed by atoms with E-state index >= 15 is 0 Å². The van der Waals surface area contributed by atoms with Crippen LogP contribution in [0.3, 0.4) is 0 Å². The molecule has 23 heavy (non-hydrogen) atoms. The van der Waals surface area contributed by atoms with E-state index in [1.807, 2.05) is 31.2 Å². The van der Waals surface area contributed by atoms with Crippen LogP contribution in [0.2, 0.25) is 0 Å². The number of carbonyl (C=O) groups excluding carboxylic acids is 1. The summed E-state index contributed by atoms with van der Waals surface area (Å²) < 4.78 is 0. The molecule has 3 N–H and O–H groups in total. The van der Waals surface area contributed by atoms with Crippen LogP contribution in [0.5, 0.6) is 0 Å². The van der Waals surface area contributed by atoms with E-state index in [4.69, 9.17) is 0 Å². The van der Waals surface area contributed by atoms with Crippen molar-refractivity contribution in [2.24, 2.45) is 5.92 Å². The van der Waals surface area contributed by atoms with Gasteiger partial charge in [0.1, 0.15) is 5.69 Å². The summed E-state index contributed by atoms with van der Waals surface area (Å²) >= 11 is 0. The third-order valence-electron chi connectivity index (χ3n) is 4.98. The lowest BCUT2D eigenvalue weighted by molar-refractivity contribution is 0.0820. The molecule has 1 saturated carbocycles. The molecule has 0 radical (unpaired) electrons. The number of hydrogen-bond donors (Lipinski definition) is 3. The maximum absolute atomic E-state index is 12.6. The summed E-state index contributed by atoms with van der Waals surface area (Å²) in [5, 5.41) is 16.0. The number of H-pyrrole nitrogens is 1. The Morgan fingerprint density at radius 1 is 1.26 bits per heavy atom. The zero-order valence-corrected chi connectivity index (χ0v) is 13.1. The van der Waals surface area contributed by atoms with E-state index in [1.165, 1.54) is 0 Å². The van der Waals surface area contributed by atoms with Crippen molar-refractivity contribution >= 4 is 27.6 Å². The van der Waals surface area contributed by atoms with Crippen LogP contribution < -0.4 is 5.32 Å². The first-order valence-electron chi connectivity index (χ1n) is 8.04. The van der Waals surface area contributed by atoms with E-state index < -0.39 is 5.54 Å². The Morgan fingerprint density at radius 3 is 2.78 bits per heavy atom. The smallest absolute Gasteiger partial charge is 0.268 e. The molecule has 2 aromatic carbocycles. The summed E-state index contributed by atoms with van der Waals surface area (Å²) in [7, 11) is 0. The highest BCUT2D eigenvalue weighted by molar-refractivity contribution is 6.09. The Kier molecular flexibility index (Phi) is 3.16. The number of amides is 1. The van der Waals surface area contributed by atoms with Gasteiger partial charge in [0.2, 0.25) is 0 Å². The van der Waals surface area contributed by atoms with Gasteiger partial charge in [-0.05, 0) is 48.6 Å². The van der Waals surface area contributed by atoms with Crippen LogP contribution in [-0.2, 0) is 0 Å². The molecule has 4 nitrogen and oxygen atoms in total. The van der Waals surface area contributed by atoms with Crippen LogP contribution in [0.1, 0.15) is 30.3 Å². The summed E-state index contributed by atoms with van der Waals surface area (Å²) in [5.74, 6) is 0.218. The topological polar surface area (TPSA) is 65.1 Å². The van der Waals surface area contributed by atoms with Crippen molar-refractivity contribution in [1.82, 2.24) is 10.3 Å². The van der Waals surface area contributed by atoms with Gasteiger partial charge in [-0.3, -0.25) is 4.79 Å². The van der Waals surface area contributed by atoms with Crippen LogP contribution >= 0.6 is 0 Å². The fourth-order valence-electron chi connectivity index (χ4n) is 3.33. The summed E-state index contributed by atoms with van der Waals surface area (Å²) in [5.41, 5.74) is 0.957. The monoisotopic (exact) mass is 308 g/mol. The number of carbonyl (C=O) groups is 1. The average molecular weight is 308 g/mol. The summed E-state index contributed by atoms with van der Waals surface area (Å²) in [6.45, 7) is 1.88. The molecule has 4 heteroatoms. The Morgan fingerprint density at radius 2 is 2.04 bits per heavy atom. The van der Waals surface area contributed by atoms with Gasteiger partial charge in [0.15, 0.2) is 0 Å². The number of hydrogen-bond acceptors (Lipinski definition) is 2. The minimum atomic E-state index is -0.531. The molecule has 1 aromatic heterocycles. The second kappa shape index (κ2) is 5.10. The zero-order valence-electron chi connectivity index (χ0n) is 13.1. The van der Waals surface area contributed by atoms with Gasteiger partial charge in [-0.2, -0.15) is 0 Å². The number of fused-ring (bicyclic) bond motifs is 3. The van der Waals surface area contributed by atoms with Crippen molar-refractivity contribution in [2.45, 2.75) is 25.3 Å². The summed E-state index contributed by atoms with van der Waals surface area (Å²) in [6, 6.07) is 14.1. The number of benzene rings is 2. The van der Waals surface area contributed by atoms with Crippen molar-refractivity contribution in [3.8, 4) is 0 Å². The fraction of sp³-hybridized carbons (Fsp3) is 0.316. The minimum absolute atomic E-state index is 0.0352. The minimum Gasteiger partial charge on any atom is -0.394 e. The molecule has 1 fully saturated rings. The van der Waals surface area contributed by atoms with Crippen LogP contribution in [0, 0.1) is 5.92 Å². The van der Waals surface area contributed by atoms with E-state index in [1.54, 1.807) is 0 Å². The van der Waals surface area contributed by atoms with Crippen LogP contribution in [0.4, 0.5) is 0 Å². The lowest BCUT2D eigenvalue weighted by atomic mass is 9.97. The molecular formula is C19H20N2O2. The lowest BCUT2D eigenvalue weighted by Gasteiger charge is -2.28. The standard InChI is InChI=1S/C19H20N2O2/c1-19(11-22,13-7-8-13)21-18(23)17-10-15-14-5-3-2-4-12(14)6-9-16(15)20-17/h2-6,9-10,13,20,22H,7-8,11H2,1H3,(H,21,23). The van der Waals surface area contributed by atoms with Crippen LogP contribution in [0.15, 0.2) is 42.5 Å². The van der Waals surface area contributed by atoms with Gasteiger partial charge in [-0.1, -0.05) is 30.3 Å². The molecule has 0 bridgehead atoms. The molecule has 3 aromatic rings. The van der Waals surface area contributed by atoms with E-state index in [-0.39, 0.29) is 12.5 Å². The molecule has 0 saturated heterocycles. The van der Waals surface area contributed by atoms with Gasteiger partial charge >= 0.3 is 0 Å². The van der Waals surface area contributed by atoms with E-state index in [0.717, 1.165) is 34.5 Å². The molecular weight excluding hydrogens is 288 g/mol. The zero-order chi connectivity index (χ0) is 16.0. The van der Waals surface area contributed by atoms with Gasteiger partial charge in [0.05, 0.1) is 12.1 Å². The van der Waals surface area contributed by atoms with Gasteiger partial charge in [0, 0.05) is 10.9 Å². The maximum Gasteiger partial charge on any atom is 0.268 e. The van der Waals surface area contributed by atoms with Crippen LogP contribution in [0.25, 0.3) is 21.7 Å². The molecule has 4 rings (SSSR count). The normalized spacial score (nSPS) is 17.3. The fourth-order valence-corrected chi connectivity index (χ4v) is 3.33. The molecule has 118 valence electrons. The Hall–Kier alpha value is -2.33. The molecule has 0 aliphatic heterocycles. The third-order valence-corrected chi connectivity index (χ3v) is 4.98. The van der Waals surface area contributed by atoms with Crippen molar-refractivity contribution in [3.05, 3.63) is 48.2 Å². The second-order valence-corrected chi connectivity index (χ2v) is 6.73. The Labute approximate surface area is 134 Å². The van der Waals surface area contributed by atoms with Gasteiger partial charge in [0.25, 0.3) is 5.91 Å². The largest absolute Gasteiger partial charge is 0.394 e. The second-order valence-electron chi connectivity index (χ2n) is 6.73. The molecule has 1 unspecified atom stereocenters. The van der Waals surface area contributed by atoms with Crippen molar-refractivity contribution < 1.29 is 9.90 Å². The van der Waals surface area contributed by atoms with Gasteiger partial charge < -0.3 is 15.4 Å². The number of aliphatic hydroxyl groups excluding tert-OH is 1. The maximum atomic E-state index is 12.6. The molecule has 1 aliphatic carbocycles. The first-order chi connectivity index (χ1) is 11.1. The number of aromatic amines is 1. The predicted octanol–water partition coefficient (Wildman–Crippen LogP) is 3.21. The molecule has 1 heterocycles. The molecule has 1 amide bonds. The van der Waals surface area contributed by atoms with E-state index in [0.29, 0.717) is 11.6 Å². The highest BCUT2D eigenvalue weighted by atomic mass is 16.3. The molecule has 1 atom stereocenters. The van der Waals surface area contributed by atoms with Gasteiger partial charge in [-0.15, -0.1) is 0 Å². The molecule has 0 spiro atoms. The number of aliphatic hydroxyl groups is 1. The predicted molar refractivity (Wildman–Crippen MR) is 91.5 cm³/mol. The number of nitrogens with one attached hydrogen (secondary N) is 2. The van der Waals surface area contributed by atoms with Gasteiger partial charge in [-0.25, -0.2) is 0 Å². The van der Waals surface area contributed by atoms with Crippen molar-refractivity contribution in [3.63, 3.8) is 0 Å². The quantitative estimate of drug-likeness (QED) is 0.693. The third kappa shape index (κ3) is 2.39. The van der Waals surface area contributed by atoms with Crippen LogP contribution in [-0.4, -0.2) is 28.1 Å².